The second kappa shape index (κ2) is 9.10. The molecule has 1 heterocycles. The minimum atomic E-state index is -3.85. The van der Waals surface area contributed by atoms with Crippen LogP contribution in [0.2, 0.25) is 5.02 Å². The van der Waals surface area contributed by atoms with E-state index in [-0.39, 0.29) is 22.5 Å². The maximum absolute atomic E-state index is 12.7. The molecule has 0 radical (unpaired) electrons. The van der Waals surface area contributed by atoms with Crippen molar-refractivity contribution in [3.05, 3.63) is 82.9 Å². The fourth-order valence-corrected chi connectivity index (χ4v) is 4.54. The summed E-state index contributed by atoms with van der Waals surface area (Å²) in [5.41, 5.74) is 1.49. The first-order valence-corrected chi connectivity index (χ1v) is 11.8. The number of hydrogen-bond acceptors (Lipinski definition) is 5. The molecular formula is C23H21ClN2O5S. The Balaban J connectivity index is 1.44. The van der Waals surface area contributed by atoms with E-state index < -0.39 is 10.0 Å². The molecule has 2 N–H and O–H groups in total. The number of amides is 1. The molecule has 0 spiro atoms. The van der Waals surface area contributed by atoms with Gasteiger partial charge in [-0.3, -0.25) is 9.52 Å². The normalized spacial score (nSPS) is 13.8. The highest BCUT2D eigenvalue weighted by molar-refractivity contribution is 7.92. The summed E-state index contributed by atoms with van der Waals surface area (Å²) in [5, 5.41) is 3.20. The number of carbonyl (C=O) groups excluding carboxylic acids is 1. The van der Waals surface area contributed by atoms with Crippen LogP contribution in [0, 0.1) is 0 Å². The molecule has 0 unspecified atom stereocenters. The highest BCUT2D eigenvalue weighted by Gasteiger charge is 2.19. The summed E-state index contributed by atoms with van der Waals surface area (Å²) in [7, 11) is -3.85. The Labute approximate surface area is 191 Å². The lowest BCUT2D eigenvalue weighted by molar-refractivity contribution is 0.0939. The number of benzene rings is 3. The second-order valence-electron chi connectivity index (χ2n) is 7.21. The van der Waals surface area contributed by atoms with Crippen LogP contribution in [0.5, 0.6) is 11.5 Å². The molecule has 7 nitrogen and oxygen atoms in total. The van der Waals surface area contributed by atoms with Gasteiger partial charge in [-0.25, -0.2) is 8.42 Å². The van der Waals surface area contributed by atoms with E-state index >= 15 is 0 Å². The Hall–Kier alpha value is -3.23. The predicted octanol–water partition coefficient (Wildman–Crippen LogP) is 4.40. The molecule has 0 bridgehead atoms. The highest BCUT2D eigenvalue weighted by atomic mass is 35.5. The first-order chi connectivity index (χ1) is 15.3. The lowest BCUT2D eigenvalue weighted by Crippen LogP contribution is -2.27. The van der Waals surface area contributed by atoms with E-state index in [1.165, 1.54) is 24.3 Å². The summed E-state index contributed by atoms with van der Waals surface area (Å²) in [5.74, 6) is 1.01. The number of fused-ring (bicyclic) bond motifs is 1. The number of hydrogen-bond donors (Lipinski definition) is 2. The lowest BCUT2D eigenvalue weighted by atomic mass is 10.1. The third kappa shape index (κ3) is 4.81. The van der Waals surface area contributed by atoms with Gasteiger partial charge in [0.1, 0.15) is 13.2 Å². The summed E-state index contributed by atoms with van der Waals surface area (Å²) in [6.45, 7) is 2.85. The average Bonchev–Trinajstić information content (AvgIpc) is 2.80. The van der Waals surface area contributed by atoms with Crippen LogP contribution in [-0.4, -0.2) is 27.5 Å². The van der Waals surface area contributed by atoms with E-state index in [1.807, 2.05) is 25.1 Å². The summed E-state index contributed by atoms with van der Waals surface area (Å²) in [4.78, 5) is 12.7. The zero-order valence-electron chi connectivity index (χ0n) is 17.2. The van der Waals surface area contributed by atoms with Crippen LogP contribution in [0.25, 0.3) is 0 Å². The Morgan fingerprint density at radius 2 is 1.66 bits per heavy atom. The number of para-hydroxylation sites is 1. The molecule has 9 heteroatoms. The molecule has 0 saturated carbocycles. The van der Waals surface area contributed by atoms with Crippen molar-refractivity contribution < 1.29 is 22.7 Å². The minimum Gasteiger partial charge on any atom is -0.486 e. The van der Waals surface area contributed by atoms with Crippen LogP contribution >= 0.6 is 11.6 Å². The Bertz CT molecular complexity index is 1250. The maximum Gasteiger partial charge on any atom is 0.261 e. The van der Waals surface area contributed by atoms with Gasteiger partial charge < -0.3 is 14.8 Å². The van der Waals surface area contributed by atoms with E-state index in [0.29, 0.717) is 35.3 Å². The van der Waals surface area contributed by atoms with E-state index in [2.05, 4.69) is 10.0 Å². The van der Waals surface area contributed by atoms with E-state index in [1.54, 1.807) is 24.3 Å². The van der Waals surface area contributed by atoms with E-state index in [4.69, 9.17) is 21.1 Å². The number of nitrogens with one attached hydrogen (secondary N) is 2. The van der Waals surface area contributed by atoms with E-state index in [0.717, 1.165) is 5.56 Å². The Kier molecular flexibility index (Phi) is 6.25. The quantitative estimate of drug-likeness (QED) is 0.554. The molecule has 3 aromatic rings. The van der Waals surface area contributed by atoms with Gasteiger partial charge in [-0.1, -0.05) is 29.8 Å². The van der Waals surface area contributed by atoms with Gasteiger partial charge in [-0.15, -0.1) is 0 Å². The van der Waals surface area contributed by atoms with Gasteiger partial charge in [-0.05, 0) is 61.0 Å². The van der Waals surface area contributed by atoms with Gasteiger partial charge in [-0.2, -0.15) is 0 Å². The van der Waals surface area contributed by atoms with Crippen molar-refractivity contribution in [3.8, 4) is 11.5 Å². The summed E-state index contributed by atoms with van der Waals surface area (Å²) >= 11 is 6.03. The van der Waals surface area contributed by atoms with Crippen molar-refractivity contribution in [1.82, 2.24) is 5.32 Å². The number of sulfonamides is 1. The summed E-state index contributed by atoms with van der Waals surface area (Å²) < 4.78 is 38.8. The van der Waals surface area contributed by atoms with Gasteiger partial charge in [0.25, 0.3) is 15.9 Å². The van der Waals surface area contributed by atoms with Gasteiger partial charge in [0.15, 0.2) is 11.5 Å². The number of ether oxygens (including phenoxy) is 2. The molecule has 32 heavy (non-hydrogen) atoms. The first kappa shape index (κ1) is 22.0. The van der Waals surface area contributed by atoms with Gasteiger partial charge >= 0.3 is 0 Å². The van der Waals surface area contributed by atoms with Crippen molar-refractivity contribution in [2.24, 2.45) is 0 Å². The number of halogens is 1. The second-order valence-corrected chi connectivity index (χ2v) is 9.30. The van der Waals surface area contributed by atoms with Crippen molar-refractivity contribution in [3.63, 3.8) is 0 Å². The van der Waals surface area contributed by atoms with Crippen LogP contribution in [0.4, 0.5) is 5.69 Å². The molecule has 1 aliphatic heterocycles. The molecule has 1 aliphatic rings. The van der Waals surface area contributed by atoms with Crippen molar-refractivity contribution in [2.75, 3.05) is 17.9 Å². The number of anilines is 1. The predicted molar refractivity (Wildman–Crippen MR) is 122 cm³/mol. The molecule has 0 aliphatic carbocycles. The van der Waals surface area contributed by atoms with Crippen LogP contribution in [-0.2, 0) is 10.0 Å². The smallest absolute Gasteiger partial charge is 0.261 e. The molecule has 1 atom stereocenters. The topological polar surface area (TPSA) is 93.7 Å². The van der Waals surface area contributed by atoms with Crippen molar-refractivity contribution in [1.29, 1.82) is 0 Å². The third-order valence-electron chi connectivity index (χ3n) is 4.96. The molecule has 166 valence electrons. The molecule has 4 rings (SSSR count). The molecular weight excluding hydrogens is 452 g/mol. The molecule has 3 aromatic carbocycles. The Morgan fingerprint density at radius 3 is 2.38 bits per heavy atom. The largest absolute Gasteiger partial charge is 0.486 e. The molecule has 0 fully saturated rings. The summed E-state index contributed by atoms with van der Waals surface area (Å²) in [6, 6.07) is 17.5. The molecule has 0 aromatic heterocycles. The third-order valence-corrected chi connectivity index (χ3v) is 6.67. The first-order valence-electron chi connectivity index (χ1n) is 9.91. The minimum absolute atomic E-state index is 0.0221. The monoisotopic (exact) mass is 472 g/mol. The van der Waals surface area contributed by atoms with Crippen LogP contribution in [0.1, 0.15) is 28.9 Å². The average molecular weight is 473 g/mol. The maximum atomic E-state index is 12.7. The van der Waals surface area contributed by atoms with Crippen molar-refractivity contribution >= 4 is 33.2 Å². The highest BCUT2D eigenvalue weighted by Crippen LogP contribution is 2.32. The summed E-state index contributed by atoms with van der Waals surface area (Å²) in [6.07, 6.45) is 0. The molecule has 1 amide bonds. The zero-order chi connectivity index (χ0) is 22.7. The standard InChI is InChI=1S/C23H21ClN2O5S/c1-15(17-8-11-21-22(14-17)31-13-12-30-21)25-23(27)16-6-9-18(10-7-16)32(28,29)26-20-5-3-2-4-19(20)24/h2-11,14-15,26H,12-13H2,1H3,(H,25,27)/t15-/m0/s1. The van der Waals surface area contributed by atoms with Crippen LogP contribution < -0.4 is 19.5 Å². The number of carbonyl (C=O) groups is 1. The van der Waals surface area contributed by atoms with Crippen molar-refractivity contribution in [2.45, 2.75) is 17.9 Å². The SMILES string of the molecule is C[C@H](NC(=O)c1ccc(S(=O)(=O)Nc2ccccc2Cl)cc1)c1ccc2c(c1)OCCO2. The van der Waals surface area contributed by atoms with E-state index in [9.17, 15) is 13.2 Å². The Morgan fingerprint density at radius 1 is 0.969 bits per heavy atom. The van der Waals surface area contributed by atoms with Gasteiger partial charge in [0.05, 0.1) is 21.6 Å². The fraction of sp³-hybridized carbons (Fsp3) is 0.174. The number of rotatable bonds is 6. The fourth-order valence-electron chi connectivity index (χ4n) is 3.23. The van der Waals surface area contributed by atoms with Crippen LogP contribution in [0.15, 0.2) is 71.6 Å². The van der Waals surface area contributed by atoms with Crippen LogP contribution in [0.3, 0.4) is 0 Å². The molecule has 0 saturated heterocycles. The van der Waals surface area contributed by atoms with Gasteiger partial charge in [0, 0.05) is 5.56 Å². The zero-order valence-corrected chi connectivity index (χ0v) is 18.7. The van der Waals surface area contributed by atoms with Gasteiger partial charge in [0.2, 0.25) is 0 Å². The lowest BCUT2D eigenvalue weighted by Gasteiger charge is -2.21.